The summed E-state index contributed by atoms with van der Waals surface area (Å²) < 4.78 is 41.9. The highest BCUT2D eigenvalue weighted by Crippen LogP contribution is 2.53. The fourth-order valence-corrected chi connectivity index (χ4v) is 5.69. The van der Waals surface area contributed by atoms with Gasteiger partial charge in [-0.1, -0.05) is 39.0 Å². The van der Waals surface area contributed by atoms with Gasteiger partial charge in [0.1, 0.15) is 0 Å². The number of nitrogens with zero attached hydrogens (tertiary/aromatic N) is 2. The van der Waals surface area contributed by atoms with Gasteiger partial charge in [-0.05, 0) is 37.2 Å². The molecule has 0 N–H and O–H groups in total. The molecule has 0 fully saturated rings. The summed E-state index contributed by atoms with van der Waals surface area (Å²) in [7, 11) is -3.22. The van der Waals surface area contributed by atoms with E-state index in [1.807, 2.05) is 33.9 Å². The summed E-state index contributed by atoms with van der Waals surface area (Å²) >= 11 is 0. The SMILES string of the molecule is COC(=O)C(OC(CO[Si](C)(C)C(C)(C)C)Cn1cc(C)c(=O)n(C(=O)c2ccccc2)c1=O)P(=O)(OC)OC. The highest BCUT2D eigenvalue weighted by molar-refractivity contribution is 7.55. The lowest BCUT2D eigenvalue weighted by Crippen LogP contribution is -2.48. The molecule has 2 rings (SSSR count). The zero-order valence-corrected chi connectivity index (χ0v) is 26.4. The zero-order valence-electron chi connectivity index (χ0n) is 24.5. The van der Waals surface area contributed by atoms with Crippen LogP contribution >= 0.6 is 7.60 Å². The molecule has 0 aliphatic heterocycles. The van der Waals surface area contributed by atoms with E-state index in [9.17, 15) is 23.7 Å². The third-order valence-corrected chi connectivity index (χ3v) is 13.3. The van der Waals surface area contributed by atoms with Crippen LogP contribution in [0.3, 0.4) is 0 Å². The molecule has 14 heteroatoms. The molecule has 0 saturated heterocycles. The van der Waals surface area contributed by atoms with E-state index < -0.39 is 51.0 Å². The van der Waals surface area contributed by atoms with Gasteiger partial charge >= 0.3 is 19.3 Å². The molecule has 1 heterocycles. The summed E-state index contributed by atoms with van der Waals surface area (Å²) in [5, 5.41) is -0.184. The van der Waals surface area contributed by atoms with Gasteiger partial charge in [0.2, 0.25) is 0 Å². The van der Waals surface area contributed by atoms with E-state index in [0.717, 1.165) is 25.9 Å². The maximum atomic E-state index is 13.5. The van der Waals surface area contributed by atoms with E-state index in [-0.39, 0.29) is 29.3 Å². The summed E-state index contributed by atoms with van der Waals surface area (Å²) in [6.45, 7) is 11.2. The molecular formula is C26H39N2O10PSi. The molecule has 2 aromatic rings. The number of rotatable bonds is 12. The molecule has 0 bridgehead atoms. The number of benzene rings is 1. The average Bonchev–Trinajstić information content (AvgIpc) is 2.91. The van der Waals surface area contributed by atoms with Gasteiger partial charge in [0.05, 0.1) is 26.4 Å². The third kappa shape index (κ3) is 7.53. The Morgan fingerprint density at radius 2 is 1.60 bits per heavy atom. The Kier molecular flexibility index (Phi) is 11.2. The number of esters is 1. The van der Waals surface area contributed by atoms with E-state index in [1.54, 1.807) is 18.2 Å². The van der Waals surface area contributed by atoms with Crippen LogP contribution in [0.2, 0.25) is 18.1 Å². The average molecular weight is 599 g/mol. The summed E-state index contributed by atoms with van der Waals surface area (Å²) in [6, 6.07) is 7.92. The highest BCUT2D eigenvalue weighted by Gasteiger charge is 2.45. The fraction of sp³-hybridized carbons (Fsp3) is 0.538. The van der Waals surface area contributed by atoms with E-state index in [1.165, 1.54) is 25.3 Å². The van der Waals surface area contributed by atoms with Crippen molar-refractivity contribution >= 4 is 27.8 Å². The van der Waals surface area contributed by atoms with Crippen molar-refractivity contribution in [2.75, 3.05) is 27.9 Å². The Balaban J connectivity index is 2.60. The third-order valence-electron chi connectivity index (χ3n) is 6.91. The summed E-state index contributed by atoms with van der Waals surface area (Å²) in [5.41, 5.74) is -1.40. The van der Waals surface area contributed by atoms with Crippen molar-refractivity contribution in [2.24, 2.45) is 0 Å². The fourth-order valence-electron chi connectivity index (χ4n) is 3.44. The molecule has 12 nitrogen and oxygen atoms in total. The summed E-state index contributed by atoms with van der Waals surface area (Å²) in [6.07, 6.45) is 0.216. The molecule has 0 aliphatic carbocycles. The Morgan fingerprint density at radius 3 is 2.10 bits per heavy atom. The van der Waals surface area contributed by atoms with E-state index in [0.29, 0.717) is 4.57 Å². The van der Waals surface area contributed by atoms with Crippen LogP contribution in [0.5, 0.6) is 0 Å². The molecule has 0 radical (unpaired) electrons. The van der Waals surface area contributed by atoms with Gasteiger partial charge in [0.25, 0.3) is 17.3 Å². The highest BCUT2D eigenvalue weighted by atomic mass is 31.2. The maximum absolute atomic E-state index is 13.5. The molecule has 0 spiro atoms. The molecule has 222 valence electrons. The predicted molar refractivity (Wildman–Crippen MR) is 151 cm³/mol. The lowest BCUT2D eigenvalue weighted by atomic mass is 10.2. The van der Waals surface area contributed by atoms with Crippen LogP contribution in [0.25, 0.3) is 0 Å². The monoisotopic (exact) mass is 598 g/mol. The van der Waals surface area contributed by atoms with Gasteiger partial charge in [0, 0.05) is 31.5 Å². The van der Waals surface area contributed by atoms with Gasteiger partial charge in [0.15, 0.2) is 8.32 Å². The number of hydrogen-bond donors (Lipinski definition) is 0. The molecule has 2 unspecified atom stereocenters. The van der Waals surface area contributed by atoms with Crippen molar-refractivity contribution in [1.29, 1.82) is 0 Å². The Hall–Kier alpha value is -2.67. The van der Waals surface area contributed by atoms with Gasteiger partial charge in [-0.15, -0.1) is 0 Å². The van der Waals surface area contributed by atoms with Gasteiger partial charge < -0.3 is 22.9 Å². The van der Waals surface area contributed by atoms with Crippen LogP contribution in [0.15, 0.2) is 46.1 Å². The van der Waals surface area contributed by atoms with Gasteiger partial charge in [-0.3, -0.25) is 18.7 Å². The largest absolute Gasteiger partial charge is 0.467 e. The normalized spacial score (nSPS) is 14.0. The van der Waals surface area contributed by atoms with Crippen LogP contribution in [0, 0.1) is 6.92 Å². The van der Waals surface area contributed by atoms with E-state index >= 15 is 0 Å². The summed E-state index contributed by atoms with van der Waals surface area (Å²) in [4.78, 5) is 52.1. The number of hydrogen-bond acceptors (Lipinski definition) is 10. The minimum atomic E-state index is -4.15. The lowest BCUT2D eigenvalue weighted by Gasteiger charge is -2.37. The van der Waals surface area contributed by atoms with Crippen molar-refractivity contribution in [3.05, 3.63) is 68.5 Å². The van der Waals surface area contributed by atoms with Crippen molar-refractivity contribution in [3.8, 4) is 0 Å². The van der Waals surface area contributed by atoms with Crippen molar-refractivity contribution in [1.82, 2.24) is 9.13 Å². The predicted octanol–water partition coefficient (Wildman–Crippen LogP) is 3.40. The zero-order chi connectivity index (χ0) is 30.5. The van der Waals surface area contributed by atoms with Gasteiger partial charge in [-0.25, -0.2) is 9.59 Å². The molecule has 1 aromatic carbocycles. The first kappa shape index (κ1) is 33.5. The van der Waals surface area contributed by atoms with Crippen molar-refractivity contribution in [3.63, 3.8) is 0 Å². The second-order valence-corrected chi connectivity index (χ2v) is 17.8. The maximum Gasteiger partial charge on any atom is 0.370 e. The minimum Gasteiger partial charge on any atom is -0.467 e. The molecule has 40 heavy (non-hydrogen) atoms. The first-order valence-corrected chi connectivity index (χ1v) is 17.1. The van der Waals surface area contributed by atoms with Crippen LogP contribution < -0.4 is 11.2 Å². The van der Waals surface area contributed by atoms with Crippen LogP contribution in [0.4, 0.5) is 0 Å². The smallest absolute Gasteiger partial charge is 0.370 e. The molecule has 2 atom stereocenters. The van der Waals surface area contributed by atoms with Crippen molar-refractivity contribution in [2.45, 2.75) is 64.3 Å². The van der Waals surface area contributed by atoms with Crippen LogP contribution in [-0.2, 0) is 38.9 Å². The summed E-state index contributed by atoms with van der Waals surface area (Å²) in [5.74, 6) is -3.61. The molecule has 0 saturated carbocycles. The lowest BCUT2D eigenvalue weighted by molar-refractivity contribution is -0.154. The number of methoxy groups -OCH3 is 1. The standard InChI is InChI=1S/C26H39N2O10PSi/c1-18-15-27(25(32)28(21(18)29)22(30)19-13-11-10-12-14-19)16-20(17-37-40(8,9)26(2,3)4)38-24(23(31)34-5)39(33,35-6)36-7/h10-15,20,24H,16-17H2,1-9H3. The number of carbonyl (C=O) groups is 2. The van der Waals surface area contributed by atoms with Crippen LogP contribution in [0.1, 0.15) is 36.7 Å². The second kappa shape index (κ2) is 13.3. The first-order valence-electron chi connectivity index (χ1n) is 12.5. The Bertz CT molecular complexity index is 1360. The number of aromatic nitrogens is 2. The second-order valence-electron chi connectivity index (χ2n) is 10.7. The Morgan fingerprint density at radius 1 is 1.02 bits per heavy atom. The van der Waals surface area contributed by atoms with E-state index in [4.69, 9.17) is 22.9 Å². The van der Waals surface area contributed by atoms with Crippen LogP contribution in [-0.4, -0.2) is 69.2 Å². The van der Waals surface area contributed by atoms with Crippen molar-refractivity contribution < 1.29 is 37.1 Å². The van der Waals surface area contributed by atoms with E-state index in [2.05, 4.69) is 0 Å². The topological polar surface area (TPSA) is 141 Å². The number of aryl methyl sites for hydroxylation is 1. The molecule has 1 aromatic heterocycles. The number of ether oxygens (including phenoxy) is 2. The molecule has 0 amide bonds. The minimum absolute atomic E-state index is 0.116. The molecular weight excluding hydrogens is 559 g/mol. The quantitative estimate of drug-likeness (QED) is 0.203. The molecule has 0 aliphatic rings. The first-order chi connectivity index (χ1) is 18.5. The number of carbonyl (C=O) groups excluding carboxylic acids is 2. The van der Waals surface area contributed by atoms with Gasteiger partial charge in [-0.2, -0.15) is 4.57 Å². The Labute approximate surface area is 234 Å².